The zero-order chi connectivity index (χ0) is 6.62. The van der Waals surface area contributed by atoms with Gasteiger partial charge in [0.15, 0.2) is 0 Å². The third kappa shape index (κ3) is 6.35. The summed E-state index contributed by atoms with van der Waals surface area (Å²) in [6.07, 6.45) is 0. The molecule has 0 heterocycles. The molecule has 52 valence electrons. The maximum absolute atomic E-state index is 10.2. The molecule has 0 aromatic carbocycles. The van der Waals surface area contributed by atoms with E-state index in [0.29, 0.717) is 0 Å². The van der Waals surface area contributed by atoms with Gasteiger partial charge in [-0.05, 0) is 6.92 Å². The van der Waals surface area contributed by atoms with Crippen molar-refractivity contribution in [2.45, 2.75) is 6.92 Å². The van der Waals surface area contributed by atoms with E-state index in [0.717, 1.165) is 7.11 Å². The number of hydrogen-bond donors (Lipinski definition) is 0. The van der Waals surface area contributed by atoms with Gasteiger partial charge >= 0.3 is 29.3 Å². The molecule has 0 N–H and O–H groups in total. The first-order chi connectivity index (χ1) is 3.62. The fourth-order valence-corrected chi connectivity index (χ4v) is 0.577. The van der Waals surface area contributed by atoms with Crippen LogP contribution in [0.4, 0.5) is 0 Å². The molecule has 0 fully saturated rings. The van der Waals surface area contributed by atoms with Gasteiger partial charge in [-0.3, -0.25) is 4.18 Å². The van der Waals surface area contributed by atoms with Crippen LogP contribution in [-0.2, 0) is 18.8 Å². The Morgan fingerprint density at radius 2 is 2.00 bits per heavy atom. The van der Waals surface area contributed by atoms with E-state index in [2.05, 4.69) is 8.37 Å². The molecule has 0 saturated carbocycles. The molecule has 0 aromatic heterocycles. The molecule has 0 radical (unpaired) electrons. The fraction of sp³-hybridized carbons (Fsp3) is 1.00. The van der Waals surface area contributed by atoms with Crippen LogP contribution in [0.25, 0.3) is 0 Å². The van der Waals surface area contributed by atoms with Gasteiger partial charge in [0.2, 0.25) is 0 Å². The first-order valence-electron chi connectivity index (χ1n) is 2.07. The van der Waals surface area contributed by atoms with Gasteiger partial charge in [-0.1, -0.05) is 0 Å². The Bertz CT molecular complexity index is 145. The van der Waals surface area contributed by atoms with Crippen LogP contribution in [0, 0.1) is 0 Å². The summed E-state index contributed by atoms with van der Waals surface area (Å²) in [5, 5.41) is 0. The van der Waals surface area contributed by atoms with Crippen molar-refractivity contribution < 1.29 is 37.1 Å². The smallest absolute Gasteiger partial charge is 1.00 e. The average molecular weight is 148 g/mol. The molecule has 0 spiro atoms. The first-order valence-corrected chi connectivity index (χ1v) is 3.40. The van der Waals surface area contributed by atoms with E-state index < -0.39 is 10.4 Å². The molecule has 0 aliphatic carbocycles. The van der Waals surface area contributed by atoms with Crippen molar-refractivity contribution in [2.24, 2.45) is 0 Å². The Balaban J connectivity index is -0.000000245. The quantitative estimate of drug-likeness (QED) is 0.401. The standard InChI is InChI=1S/C3H8O4S.Li.H/c1-3-7-8(4,5)6-2;;/h3H2,1-2H3;;/q;+1;-1. The summed E-state index contributed by atoms with van der Waals surface area (Å²) >= 11 is 0. The van der Waals surface area contributed by atoms with E-state index >= 15 is 0 Å². The van der Waals surface area contributed by atoms with E-state index in [1.165, 1.54) is 0 Å². The van der Waals surface area contributed by atoms with E-state index in [4.69, 9.17) is 0 Å². The van der Waals surface area contributed by atoms with Gasteiger partial charge in [-0.25, -0.2) is 4.18 Å². The molecule has 6 heteroatoms. The van der Waals surface area contributed by atoms with Crippen molar-refractivity contribution in [3.05, 3.63) is 0 Å². The minimum Gasteiger partial charge on any atom is -1.00 e. The predicted molar refractivity (Wildman–Crippen MR) is 28.7 cm³/mol. The zero-order valence-corrected chi connectivity index (χ0v) is 6.56. The van der Waals surface area contributed by atoms with E-state index in [9.17, 15) is 8.42 Å². The molecule has 0 aromatic rings. The summed E-state index contributed by atoms with van der Waals surface area (Å²) in [5.41, 5.74) is 0. The molecule has 0 rings (SSSR count). The summed E-state index contributed by atoms with van der Waals surface area (Å²) in [4.78, 5) is 0. The Morgan fingerprint density at radius 1 is 1.56 bits per heavy atom. The van der Waals surface area contributed by atoms with E-state index in [1.807, 2.05) is 0 Å². The van der Waals surface area contributed by atoms with Crippen molar-refractivity contribution >= 4 is 10.4 Å². The summed E-state index contributed by atoms with van der Waals surface area (Å²) in [6.45, 7) is 1.67. The molecule has 0 amide bonds. The third-order valence-corrected chi connectivity index (χ3v) is 1.40. The van der Waals surface area contributed by atoms with Crippen LogP contribution in [0.2, 0.25) is 0 Å². The third-order valence-electron chi connectivity index (χ3n) is 0.466. The van der Waals surface area contributed by atoms with Gasteiger partial charge in [0.1, 0.15) is 0 Å². The van der Waals surface area contributed by atoms with Crippen molar-refractivity contribution in [1.29, 1.82) is 0 Å². The molecule has 0 unspecified atom stereocenters. The van der Waals surface area contributed by atoms with Gasteiger partial charge < -0.3 is 1.43 Å². The van der Waals surface area contributed by atoms with Crippen LogP contribution < -0.4 is 18.9 Å². The fourth-order valence-electron chi connectivity index (χ4n) is 0.192. The van der Waals surface area contributed by atoms with Crippen LogP contribution in [0.15, 0.2) is 0 Å². The van der Waals surface area contributed by atoms with Crippen molar-refractivity contribution in [3.8, 4) is 0 Å². The molecule has 0 bridgehead atoms. The topological polar surface area (TPSA) is 52.6 Å². The second-order valence-corrected chi connectivity index (χ2v) is 2.37. The average Bonchev–Trinajstić information content (AvgIpc) is 1.67. The molecular formula is C3H9LiO4S. The maximum atomic E-state index is 10.2. The molecule has 0 atom stereocenters. The zero-order valence-electron chi connectivity index (χ0n) is 6.75. The van der Waals surface area contributed by atoms with Gasteiger partial charge in [0, 0.05) is 0 Å². The van der Waals surface area contributed by atoms with Crippen LogP contribution in [-0.4, -0.2) is 22.1 Å². The van der Waals surface area contributed by atoms with Gasteiger partial charge in [-0.2, -0.15) is 8.42 Å². The van der Waals surface area contributed by atoms with E-state index in [1.54, 1.807) is 6.92 Å². The number of rotatable bonds is 3. The van der Waals surface area contributed by atoms with Crippen LogP contribution in [0.3, 0.4) is 0 Å². The second kappa shape index (κ2) is 5.27. The largest absolute Gasteiger partial charge is 1.00 e. The van der Waals surface area contributed by atoms with Gasteiger partial charge in [0.25, 0.3) is 0 Å². The summed E-state index contributed by atoms with van der Waals surface area (Å²) < 4.78 is 28.4. The molecule has 9 heavy (non-hydrogen) atoms. The Labute approximate surface area is 68.5 Å². The molecule has 0 aliphatic rings. The summed E-state index contributed by atoms with van der Waals surface area (Å²) in [7, 11) is -2.62. The Morgan fingerprint density at radius 3 is 2.11 bits per heavy atom. The van der Waals surface area contributed by atoms with Crippen molar-refractivity contribution in [1.82, 2.24) is 0 Å². The SMILES string of the molecule is CCOS(=O)(=O)OC.[H-].[Li+]. The van der Waals surface area contributed by atoms with Crippen LogP contribution in [0.1, 0.15) is 8.35 Å². The Hall–Kier alpha value is 0.467. The number of hydrogen-bond acceptors (Lipinski definition) is 4. The van der Waals surface area contributed by atoms with E-state index in [-0.39, 0.29) is 26.9 Å². The molecule has 0 saturated heterocycles. The molecule has 4 nitrogen and oxygen atoms in total. The van der Waals surface area contributed by atoms with Gasteiger partial charge in [-0.15, -0.1) is 0 Å². The minimum absolute atomic E-state index is 0. The monoisotopic (exact) mass is 148 g/mol. The first kappa shape index (κ1) is 12.2. The van der Waals surface area contributed by atoms with Crippen LogP contribution in [0.5, 0.6) is 0 Å². The molecule has 0 aliphatic heterocycles. The maximum Gasteiger partial charge on any atom is 1.00 e. The minimum atomic E-state index is -3.67. The predicted octanol–water partition coefficient (Wildman–Crippen LogP) is -2.97. The summed E-state index contributed by atoms with van der Waals surface area (Å²) in [6, 6.07) is 0. The normalized spacial score (nSPS) is 10.4. The van der Waals surface area contributed by atoms with Crippen molar-refractivity contribution in [3.63, 3.8) is 0 Å². The summed E-state index contributed by atoms with van der Waals surface area (Å²) in [5.74, 6) is 0. The van der Waals surface area contributed by atoms with Gasteiger partial charge in [0.05, 0.1) is 13.7 Å². The Kier molecular flexibility index (Phi) is 7.12. The van der Waals surface area contributed by atoms with Crippen molar-refractivity contribution in [2.75, 3.05) is 13.7 Å². The molecular weight excluding hydrogens is 139 g/mol. The van der Waals surface area contributed by atoms with Crippen LogP contribution >= 0.6 is 0 Å². The second-order valence-electron chi connectivity index (χ2n) is 0.981.